The van der Waals surface area contributed by atoms with Crippen molar-refractivity contribution in [1.29, 1.82) is 0 Å². The second kappa shape index (κ2) is 2.89. The summed E-state index contributed by atoms with van der Waals surface area (Å²) < 4.78 is 5.15. The molecule has 0 unspecified atom stereocenters. The first-order valence-electron chi connectivity index (χ1n) is 5.97. The van der Waals surface area contributed by atoms with Crippen molar-refractivity contribution in [2.75, 3.05) is 6.61 Å². The number of esters is 1. The van der Waals surface area contributed by atoms with Crippen molar-refractivity contribution >= 4 is 16.7 Å². The van der Waals surface area contributed by atoms with Gasteiger partial charge < -0.3 is 4.74 Å². The standard InChI is InChI=1S/C15H12O2/c16-14-15(8-13(15)9-17-14)12-6-5-10-3-1-2-4-11(10)7-12/h1-7,13H,8-9H2/t13-,15+/m0/s1. The summed E-state index contributed by atoms with van der Waals surface area (Å²) in [5.74, 6) is 0.383. The molecule has 0 N–H and O–H groups in total. The summed E-state index contributed by atoms with van der Waals surface area (Å²) in [6, 6.07) is 14.6. The lowest BCUT2D eigenvalue weighted by molar-refractivity contribution is -0.142. The molecule has 0 spiro atoms. The molecule has 1 saturated carbocycles. The van der Waals surface area contributed by atoms with E-state index < -0.39 is 0 Å². The number of carbonyl (C=O) groups excluding carboxylic acids is 1. The van der Waals surface area contributed by atoms with Crippen molar-refractivity contribution in [3.05, 3.63) is 48.0 Å². The number of cyclic esters (lactones) is 1. The zero-order valence-corrected chi connectivity index (χ0v) is 9.35. The van der Waals surface area contributed by atoms with Gasteiger partial charge in [0.1, 0.15) is 0 Å². The average molecular weight is 224 g/mol. The van der Waals surface area contributed by atoms with Gasteiger partial charge in [0.05, 0.1) is 12.0 Å². The molecule has 2 aromatic carbocycles. The average Bonchev–Trinajstić information content (AvgIpc) is 3.03. The Labute approximate surface area is 99.2 Å². The first-order valence-corrected chi connectivity index (χ1v) is 5.97. The molecule has 1 aliphatic heterocycles. The lowest BCUT2D eigenvalue weighted by Gasteiger charge is -2.10. The van der Waals surface area contributed by atoms with Crippen LogP contribution in [0.4, 0.5) is 0 Å². The van der Waals surface area contributed by atoms with Gasteiger partial charge in [-0.3, -0.25) is 4.79 Å². The number of benzene rings is 2. The zero-order chi connectivity index (χ0) is 11.5. The normalized spacial score (nSPS) is 30.1. The Balaban J connectivity index is 1.90. The van der Waals surface area contributed by atoms with Crippen LogP contribution >= 0.6 is 0 Å². The van der Waals surface area contributed by atoms with E-state index in [1.807, 2.05) is 12.1 Å². The van der Waals surface area contributed by atoms with Gasteiger partial charge in [-0.1, -0.05) is 36.4 Å². The van der Waals surface area contributed by atoms with Crippen molar-refractivity contribution in [2.24, 2.45) is 5.92 Å². The van der Waals surface area contributed by atoms with E-state index in [0.29, 0.717) is 12.5 Å². The van der Waals surface area contributed by atoms with E-state index in [2.05, 4.69) is 30.3 Å². The van der Waals surface area contributed by atoms with Gasteiger partial charge in [-0.25, -0.2) is 0 Å². The van der Waals surface area contributed by atoms with Crippen LogP contribution < -0.4 is 0 Å². The van der Waals surface area contributed by atoms with Gasteiger partial charge in [0.15, 0.2) is 0 Å². The highest BCUT2D eigenvalue weighted by Gasteiger charge is 2.66. The topological polar surface area (TPSA) is 26.3 Å². The van der Waals surface area contributed by atoms with E-state index in [9.17, 15) is 4.79 Å². The summed E-state index contributed by atoms with van der Waals surface area (Å²) in [5.41, 5.74) is 0.827. The summed E-state index contributed by atoms with van der Waals surface area (Å²) in [6.07, 6.45) is 0.962. The maximum absolute atomic E-state index is 11.9. The smallest absolute Gasteiger partial charge is 0.317 e. The zero-order valence-electron chi connectivity index (χ0n) is 9.35. The van der Waals surface area contributed by atoms with Gasteiger partial charge in [0.25, 0.3) is 0 Å². The van der Waals surface area contributed by atoms with Crippen LogP contribution in [0, 0.1) is 5.92 Å². The number of fused-ring (bicyclic) bond motifs is 2. The molecule has 17 heavy (non-hydrogen) atoms. The number of hydrogen-bond acceptors (Lipinski definition) is 2. The molecule has 84 valence electrons. The fourth-order valence-corrected chi connectivity index (χ4v) is 3.02. The second-order valence-electron chi connectivity index (χ2n) is 5.03. The minimum Gasteiger partial charge on any atom is -0.465 e. The van der Waals surface area contributed by atoms with E-state index >= 15 is 0 Å². The Hall–Kier alpha value is -1.83. The van der Waals surface area contributed by atoms with E-state index in [1.54, 1.807) is 0 Å². The molecule has 0 amide bonds. The Morgan fingerprint density at radius 3 is 2.65 bits per heavy atom. The van der Waals surface area contributed by atoms with Crippen LogP contribution in [0.15, 0.2) is 42.5 Å². The molecular weight excluding hydrogens is 212 g/mol. The van der Waals surface area contributed by atoms with Crippen molar-refractivity contribution in [2.45, 2.75) is 11.8 Å². The fraction of sp³-hybridized carbons (Fsp3) is 0.267. The van der Waals surface area contributed by atoms with E-state index in [0.717, 1.165) is 12.0 Å². The third kappa shape index (κ3) is 1.08. The molecule has 1 heterocycles. The molecule has 0 aromatic heterocycles. The van der Waals surface area contributed by atoms with Crippen LogP contribution in [0.1, 0.15) is 12.0 Å². The van der Waals surface area contributed by atoms with Crippen LogP contribution in [0.2, 0.25) is 0 Å². The molecule has 1 saturated heterocycles. The van der Waals surface area contributed by atoms with Crippen LogP contribution in [0.25, 0.3) is 10.8 Å². The van der Waals surface area contributed by atoms with Gasteiger partial charge in [-0.2, -0.15) is 0 Å². The minimum absolute atomic E-state index is 0.0298. The molecular formula is C15H12O2. The Morgan fingerprint density at radius 2 is 1.94 bits per heavy atom. The summed E-state index contributed by atoms with van der Waals surface area (Å²) in [6.45, 7) is 0.603. The third-order valence-corrected chi connectivity index (χ3v) is 4.15. The summed E-state index contributed by atoms with van der Waals surface area (Å²) in [5, 5.41) is 2.42. The van der Waals surface area contributed by atoms with Crippen LogP contribution in [-0.4, -0.2) is 12.6 Å². The highest BCUT2D eigenvalue weighted by atomic mass is 16.5. The number of ether oxygens (including phenoxy) is 1. The van der Waals surface area contributed by atoms with Crippen molar-refractivity contribution in [3.63, 3.8) is 0 Å². The van der Waals surface area contributed by atoms with Gasteiger partial charge >= 0.3 is 5.97 Å². The largest absolute Gasteiger partial charge is 0.465 e. The first-order chi connectivity index (χ1) is 8.30. The third-order valence-electron chi connectivity index (χ3n) is 4.15. The molecule has 2 heteroatoms. The number of hydrogen-bond donors (Lipinski definition) is 0. The van der Waals surface area contributed by atoms with E-state index in [4.69, 9.17) is 4.74 Å². The van der Waals surface area contributed by atoms with E-state index in [-0.39, 0.29) is 11.4 Å². The van der Waals surface area contributed by atoms with Crippen molar-refractivity contribution < 1.29 is 9.53 Å². The number of carbonyl (C=O) groups is 1. The highest BCUT2D eigenvalue weighted by molar-refractivity contribution is 5.92. The molecule has 0 radical (unpaired) electrons. The fourth-order valence-electron chi connectivity index (χ4n) is 3.02. The van der Waals surface area contributed by atoms with Gasteiger partial charge in [-0.15, -0.1) is 0 Å². The van der Waals surface area contributed by atoms with Crippen molar-refractivity contribution in [3.8, 4) is 0 Å². The molecule has 2 nitrogen and oxygen atoms in total. The van der Waals surface area contributed by atoms with Gasteiger partial charge in [0.2, 0.25) is 0 Å². The van der Waals surface area contributed by atoms with Gasteiger partial charge in [0, 0.05) is 5.92 Å². The Kier molecular flexibility index (Phi) is 1.57. The monoisotopic (exact) mass is 224 g/mol. The number of rotatable bonds is 1. The molecule has 4 rings (SSSR count). The van der Waals surface area contributed by atoms with Gasteiger partial charge in [-0.05, 0) is 28.8 Å². The summed E-state index contributed by atoms with van der Waals surface area (Å²) in [7, 11) is 0. The lowest BCUT2D eigenvalue weighted by atomic mass is 9.92. The Bertz CT molecular complexity index is 632. The maximum atomic E-state index is 11.9. The van der Waals surface area contributed by atoms with Crippen LogP contribution in [-0.2, 0) is 14.9 Å². The van der Waals surface area contributed by atoms with Crippen molar-refractivity contribution in [1.82, 2.24) is 0 Å². The maximum Gasteiger partial charge on any atom is 0.317 e. The Morgan fingerprint density at radius 1 is 1.12 bits per heavy atom. The van der Waals surface area contributed by atoms with Crippen LogP contribution in [0.5, 0.6) is 0 Å². The first kappa shape index (κ1) is 9.23. The van der Waals surface area contributed by atoms with Crippen LogP contribution in [0.3, 0.4) is 0 Å². The molecule has 2 fully saturated rings. The second-order valence-corrected chi connectivity index (χ2v) is 5.03. The SMILES string of the molecule is O=C1OC[C@@H]2C[C@]12c1ccc2ccccc2c1. The lowest BCUT2D eigenvalue weighted by Crippen LogP contribution is -2.18. The predicted octanol–water partition coefficient (Wildman–Crippen LogP) is 2.65. The molecule has 0 bridgehead atoms. The summed E-state index contributed by atoms with van der Waals surface area (Å²) >= 11 is 0. The minimum atomic E-state index is -0.302. The summed E-state index contributed by atoms with van der Waals surface area (Å²) in [4.78, 5) is 11.9. The quantitative estimate of drug-likeness (QED) is 0.696. The predicted molar refractivity (Wildman–Crippen MR) is 64.7 cm³/mol. The molecule has 1 aliphatic carbocycles. The van der Waals surface area contributed by atoms with E-state index in [1.165, 1.54) is 10.8 Å². The molecule has 2 aromatic rings. The highest BCUT2D eigenvalue weighted by Crippen LogP contribution is 2.59. The molecule has 2 aliphatic rings. The molecule has 2 atom stereocenters.